The molecule has 3 rings (SSSR count). The number of carbonyl (C=O) groups is 1. The van der Waals surface area contributed by atoms with Crippen LogP contribution in [0.5, 0.6) is 0 Å². The molecule has 0 spiro atoms. The minimum Gasteiger partial charge on any atom is -0.480 e. The molecule has 1 aromatic heterocycles. The Labute approximate surface area is 92.7 Å². The summed E-state index contributed by atoms with van der Waals surface area (Å²) in [5.41, 5.74) is 1.00. The van der Waals surface area contributed by atoms with Gasteiger partial charge in [-0.2, -0.15) is 0 Å². The van der Waals surface area contributed by atoms with Crippen molar-refractivity contribution in [2.75, 3.05) is 0 Å². The molecule has 0 saturated heterocycles. The Morgan fingerprint density at radius 2 is 2.06 bits per heavy atom. The van der Waals surface area contributed by atoms with Crippen molar-refractivity contribution in [2.24, 2.45) is 0 Å². The highest BCUT2D eigenvalue weighted by atomic mass is 16.4. The van der Waals surface area contributed by atoms with Gasteiger partial charge in [0, 0.05) is 5.39 Å². The average molecular weight is 216 g/mol. The van der Waals surface area contributed by atoms with Gasteiger partial charge < -0.3 is 9.52 Å². The molecule has 1 heterocycles. The summed E-state index contributed by atoms with van der Waals surface area (Å²) in [6, 6.07) is 7.68. The van der Waals surface area contributed by atoms with E-state index in [1.807, 2.05) is 31.2 Å². The second-order valence-corrected chi connectivity index (χ2v) is 4.44. The maximum Gasteiger partial charge on any atom is 0.317 e. The maximum atomic E-state index is 11.3. The van der Waals surface area contributed by atoms with Crippen LogP contribution in [0, 0.1) is 6.92 Å². The standard InChI is InChI=1S/C13H12O3/c1-8-9-4-2-3-5-10(9)16-11(8)13(6-7-13)12(14)15/h2-5H,6-7H2,1H3,(H,14,15). The van der Waals surface area contributed by atoms with Crippen molar-refractivity contribution in [3.63, 3.8) is 0 Å². The molecular weight excluding hydrogens is 204 g/mol. The quantitative estimate of drug-likeness (QED) is 0.839. The fourth-order valence-electron chi connectivity index (χ4n) is 2.29. The number of furan rings is 1. The van der Waals surface area contributed by atoms with Gasteiger partial charge in [-0.3, -0.25) is 4.79 Å². The van der Waals surface area contributed by atoms with Gasteiger partial charge in [0.15, 0.2) is 0 Å². The molecule has 1 saturated carbocycles. The molecule has 1 aliphatic carbocycles. The Morgan fingerprint density at radius 1 is 1.38 bits per heavy atom. The molecule has 2 aromatic rings. The highest BCUT2D eigenvalue weighted by Gasteiger charge is 2.55. The van der Waals surface area contributed by atoms with E-state index in [-0.39, 0.29) is 0 Å². The number of hydrogen-bond donors (Lipinski definition) is 1. The van der Waals surface area contributed by atoms with Crippen molar-refractivity contribution >= 4 is 16.9 Å². The zero-order chi connectivity index (χ0) is 11.3. The van der Waals surface area contributed by atoms with Crippen molar-refractivity contribution in [2.45, 2.75) is 25.2 Å². The van der Waals surface area contributed by atoms with Crippen LogP contribution in [0.2, 0.25) is 0 Å². The van der Waals surface area contributed by atoms with Crippen LogP contribution in [0.25, 0.3) is 11.0 Å². The SMILES string of the molecule is Cc1c(C2(C(=O)O)CC2)oc2ccccc12. The van der Waals surface area contributed by atoms with Gasteiger partial charge in [0.2, 0.25) is 0 Å². The molecule has 0 unspecified atom stereocenters. The summed E-state index contributed by atoms with van der Waals surface area (Å²) >= 11 is 0. The summed E-state index contributed by atoms with van der Waals surface area (Å²) in [6.07, 6.45) is 1.37. The number of aryl methyl sites for hydroxylation is 1. The first-order valence-electron chi connectivity index (χ1n) is 5.37. The van der Waals surface area contributed by atoms with Gasteiger partial charge in [-0.25, -0.2) is 0 Å². The molecule has 1 fully saturated rings. The molecule has 3 nitrogen and oxygen atoms in total. The summed E-state index contributed by atoms with van der Waals surface area (Å²) in [4.78, 5) is 11.3. The highest BCUT2D eigenvalue weighted by Crippen LogP contribution is 2.51. The first kappa shape index (κ1) is 9.46. The van der Waals surface area contributed by atoms with Gasteiger partial charge in [0.25, 0.3) is 0 Å². The van der Waals surface area contributed by atoms with E-state index < -0.39 is 11.4 Å². The Bertz CT molecular complexity index is 576. The number of para-hydroxylation sites is 1. The highest BCUT2D eigenvalue weighted by molar-refractivity contribution is 5.89. The van der Waals surface area contributed by atoms with Gasteiger partial charge in [-0.1, -0.05) is 18.2 Å². The molecule has 3 heteroatoms. The predicted octanol–water partition coefficient (Wildman–Crippen LogP) is 2.86. The van der Waals surface area contributed by atoms with Gasteiger partial charge in [0.05, 0.1) is 0 Å². The van der Waals surface area contributed by atoms with E-state index in [0.29, 0.717) is 18.6 Å². The van der Waals surface area contributed by atoms with Crippen LogP contribution in [0.15, 0.2) is 28.7 Å². The number of benzene rings is 1. The van der Waals surface area contributed by atoms with Crippen molar-refractivity contribution in [3.8, 4) is 0 Å². The van der Waals surface area contributed by atoms with Crippen LogP contribution in [0.1, 0.15) is 24.2 Å². The Morgan fingerprint density at radius 3 is 2.62 bits per heavy atom. The third-order valence-electron chi connectivity index (χ3n) is 3.44. The summed E-state index contributed by atoms with van der Waals surface area (Å²) in [5, 5.41) is 10.3. The summed E-state index contributed by atoms with van der Waals surface area (Å²) in [5.74, 6) is -0.129. The molecule has 1 aromatic carbocycles. The van der Waals surface area contributed by atoms with Gasteiger partial charge in [0.1, 0.15) is 16.8 Å². The predicted molar refractivity (Wildman–Crippen MR) is 59.5 cm³/mol. The van der Waals surface area contributed by atoms with Crippen molar-refractivity contribution in [1.82, 2.24) is 0 Å². The zero-order valence-corrected chi connectivity index (χ0v) is 8.99. The molecule has 0 atom stereocenters. The first-order valence-corrected chi connectivity index (χ1v) is 5.37. The van der Waals surface area contributed by atoms with E-state index in [9.17, 15) is 9.90 Å². The topological polar surface area (TPSA) is 50.4 Å². The van der Waals surface area contributed by atoms with E-state index in [4.69, 9.17) is 4.42 Å². The van der Waals surface area contributed by atoms with Crippen LogP contribution in [-0.4, -0.2) is 11.1 Å². The van der Waals surface area contributed by atoms with Crippen LogP contribution < -0.4 is 0 Å². The summed E-state index contributed by atoms with van der Waals surface area (Å²) in [7, 11) is 0. The van der Waals surface area contributed by atoms with E-state index in [2.05, 4.69) is 0 Å². The lowest BCUT2D eigenvalue weighted by Crippen LogP contribution is -2.19. The van der Waals surface area contributed by atoms with Crippen LogP contribution in [-0.2, 0) is 10.2 Å². The van der Waals surface area contributed by atoms with Crippen molar-refractivity contribution < 1.29 is 14.3 Å². The lowest BCUT2D eigenvalue weighted by atomic mass is 9.99. The van der Waals surface area contributed by atoms with Gasteiger partial charge in [-0.15, -0.1) is 0 Å². The summed E-state index contributed by atoms with van der Waals surface area (Å²) < 4.78 is 5.71. The molecule has 0 bridgehead atoms. The first-order chi connectivity index (χ1) is 7.65. The minimum absolute atomic E-state index is 0.640. The molecule has 0 amide bonds. The maximum absolute atomic E-state index is 11.3. The summed E-state index contributed by atoms with van der Waals surface area (Å²) in [6.45, 7) is 1.93. The number of hydrogen-bond acceptors (Lipinski definition) is 2. The molecule has 0 radical (unpaired) electrons. The van der Waals surface area contributed by atoms with Crippen LogP contribution in [0.4, 0.5) is 0 Å². The Balaban J connectivity index is 2.26. The monoisotopic (exact) mass is 216 g/mol. The smallest absolute Gasteiger partial charge is 0.317 e. The number of fused-ring (bicyclic) bond motifs is 1. The fraction of sp³-hybridized carbons (Fsp3) is 0.308. The number of rotatable bonds is 2. The molecular formula is C13H12O3. The average Bonchev–Trinajstić information content (AvgIpc) is 3.01. The third-order valence-corrected chi connectivity index (χ3v) is 3.44. The molecule has 1 N–H and O–H groups in total. The van der Waals surface area contributed by atoms with Crippen molar-refractivity contribution in [3.05, 3.63) is 35.6 Å². The normalized spacial score (nSPS) is 17.6. The van der Waals surface area contributed by atoms with Gasteiger partial charge in [-0.05, 0) is 31.4 Å². The van der Waals surface area contributed by atoms with Gasteiger partial charge >= 0.3 is 5.97 Å². The molecule has 0 aliphatic heterocycles. The second-order valence-electron chi connectivity index (χ2n) is 4.44. The van der Waals surface area contributed by atoms with Crippen LogP contribution in [0.3, 0.4) is 0 Å². The van der Waals surface area contributed by atoms with E-state index in [1.165, 1.54) is 0 Å². The third kappa shape index (κ3) is 1.06. The Hall–Kier alpha value is -1.77. The lowest BCUT2D eigenvalue weighted by Gasteiger charge is -2.06. The van der Waals surface area contributed by atoms with Crippen molar-refractivity contribution in [1.29, 1.82) is 0 Å². The number of carboxylic acid groups (broad SMARTS) is 1. The number of carboxylic acids is 1. The second kappa shape index (κ2) is 2.88. The van der Waals surface area contributed by atoms with E-state index in [1.54, 1.807) is 0 Å². The molecule has 16 heavy (non-hydrogen) atoms. The number of aliphatic carboxylic acids is 1. The molecule has 82 valence electrons. The fourth-order valence-corrected chi connectivity index (χ4v) is 2.29. The van der Waals surface area contributed by atoms with Crippen LogP contribution >= 0.6 is 0 Å². The lowest BCUT2D eigenvalue weighted by molar-refractivity contribution is -0.140. The molecule has 1 aliphatic rings. The largest absolute Gasteiger partial charge is 0.480 e. The van der Waals surface area contributed by atoms with E-state index in [0.717, 1.165) is 16.5 Å². The van der Waals surface area contributed by atoms with E-state index >= 15 is 0 Å². The minimum atomic E-state index is -0.769. The Kier molecular flexibility index (Phi) is 1.70. The zero-order valence-electron chi connectivity index (χ0n) is 8.99.